The van der Waals surface area contributed by atoms with Crippen LogP contribution >= 0.6 is 11.8 Å². The average molecular weight is 406 g/mol. The number of likely N-dealkylation sites (tertiary alicyclic amines) is 1. The van der Waals surface area contributed by atoms with Gasteiger partial charge < -0.3 is 15.2 Å². The first-order valence-corrected chi connectivity index (χ1v) is 11.2. The number of aromatic amines is 1. The quantitative estimate of drug-likeness (QED) is 0.635. The van der Waals surface area contributed by atoms with Gasteiger partial charge in [-0.15, -0.1) is 0 Å². The maximum absolute atomic E-state index is 13.6. The zero-order chi connectivity index (χ0) is 19.8. The Bertz CT molecular complexity index is 1060. The number of anilines is 1. The lowest BCUT2D eigenvalue weighted by molar-refractivity contribution is -0.164. The summed E-state index contributed by atoms with van der Waals surface area (Å²) in [5.74, 6) is 1.77. The molecule has 5 rings (SSSR count). The third-order valence-electron chi connectivity index (χ3n) is 6.15. The maximum Gasteiger partial charge on any atom is 0.250 e. The zero-order valence-corrected chi connectivity index (χ0v) is 16.9. The van der Waals surface area contributed by atoms with Crippen LogP contribution in [0.2, 0.25) is 0 Å². The highest BCUT2D eigenvalue weighted by molar-refractivity contribution is 7.99. The molecule has 0 bridgehead atoms. The molecule has 148 valence electrons. The van der Waals surface area contributed by atoms with E-state index in [1.807, 2.05) is 77.5 Å². The molecule has 2 aliphatic rings. The fourth-order valence-corrected chi connectivity index (χ4v) is 5.73. The van der Waals surface area contributed by atoms with Crippen LogP contribution in [0.1, 0.15) is 30.9 Å². The minimum Gasteiger partial charge on any atom is -0.361 e. The summed E-state index contributed by atoms with van der Waals surface area (Å²) in [6, 6.07) is 17.9. The molecule has 5 nitrogen and oxygen atoms in total. The Morgan fingerprint density at radius 2 is 1.90 bits per heavy atom. The van der Waals surface area contributed by atoms with Crippen molar-refractivity contribution < 1.29 is 9.59 Å². The van der Waals surface area contributed by atoms with Crippen molar-refractivity contribution in [2.24, 2.45) is 0 Å². The van der Waals surface area contributed by atoms with Crippen molar-refractivity contribution in [3.8, 4) is 0 Å². The molecule has 1 atom stereocenters. The molecule has 2 aliphatic heterocycles. The van der Waals surface area contributed by atoms with Gasteiger partial charge in [0, 0.05) is 22.8 Å². The monoisotopic (exact) mass is 405 g/mol. The molecule has 0 spiro atoms. The van der Waals surface area contributed by atoms with Gasteiger partial charge in [-0.1, -0.05) is 30.3 Å². The highest BCUT2D eigenvalue weighted by Crippen LogP contribution is 2.46. The molecule has 29 heavy (non-hydrogen) atoms. The summed E-state index contributed by atoms with van der Waals surface area (Å²) in [5, 5.41) is 4.17. The van der Waals surface area contributed by atoms with Gasteiger partial charge in [-0.25, -0.2) is 0 Å². The van der Waals surface area contributed by atoms with E-state index in [9.17, 15) is 9.59 Å². The van der Waals surface area contributed by atoms with Crippen LogP contribution in [0.15, 0.2) is 60.8 Å². The van der Waals surface area contributed by atoms with Crippen LogP contribution in [0, 0.1) is 0 Å². The number of benzene rings is 2. The summed E-state index contributed by atoms with van der Waals surface area (Å²) in [6.45, 7) is 0. The smallest absolute Gasteiger partial charge is 0.250 e. The number of thioether (sulfide) groups is 1. The van der Waals surface area contributed by atoms with E-state index in [1.54, 1.807) is 0 Å². The van der Waals surface area contributed by atoms with E-state index < -0.39 is 5.54 Å². The van der Waals surface area contributed by atoms with Gasteiger partial charge in [0.05, 0.1) is 12.5 Å². The zero-order valence-electron chi connectivity index (χ0n) is 16.1. The number of amides is 2. The summed E-state index contributed by atoms with van der Waals surface area (Å²) >= 11 is 1.85. The molecule has 1 unspecified atom stereocenters. The van der Waals surface area contributed by atoms with Crippen LogP contribution < -0.4 is 5.32 Å². The number of carbonyl (C=O) groups is 2. The fraction of sp³-hybridized carbons (Fsp3) is 0.304. The number of nitrogens with one attached hydrogen (secondary N) is 2. The van der Waals surface area contributed by atoms with Crippen molar-refractivity contribution in [3.63, 3.8) is 0 Å². The second-order valence-corrected chi connectivity index (χ2v) is 9.00. The Balaban J connectivity index is 1.47. The average Bonchev–Trinajstić information content (AvgIpc) is 3.21. The number of aromatic nitrogens is 1. The Morgan fingerprint density at radius 1 is 1.10 bits per heavy atom. The van der Waals surface area contributed by atoms with E-state index >= 15 is 0 Å². The van der Waals surface area contributed by atoms with Gasteiger partial charge >= 0.3 is 0 Å². The Kier molecular flexibility index (Phi) is 4.59. The predicted molar refractivity (Wildman–Crippen MR) is 117 cm³/mol. The van der Waals surface area contributed by atoms with Crippen LogP contribution in [0.4, 0.5) is 5.69 Å². The molecule has 2 amide bonds. The summed E-state index contributed by atoms with van der Waals surface area (Å²) < 4.78 is 0. The molecule has 2 N–H and O–H groups in total. The van der Waals surface area contributed by atoms with Gasteiger partial charge in [0.1, 0.15) is 5.54 Å². The second-order valence-electron chi connectivity index (χ2n) is 7.77. The van der Waals surface area contributed by atoms with Gasteiger partial charge in [0.2, 0.25) is 11.8 Å². The lowest BCUT2D eigenvalue weighted by atomic mass is 9.80. The van der Waals surface area contributed by atoms with Gasteiger partial charge in [-0.3, -0.25) is 9.59 Å². The summed E-state index contributed by atoms with van der Waals surface area (Å²) in [4.78, 5) is 31.4. The molecular weight excluding hydrogens is 382 g/mol. The van der Waals surface area contributed by atoms with E-state index in [4.69, 9.17) is 0 Å². The highest BCUT2D eigenvalue weighted by Gasteiger charge is 2.55. The van der Waals surface area contributed by atoms with Gasteiger partial charge in [0.15, 0.2) is 0 Å². The Morgan fingerprint density at radius 3 is 2.66 bits per heavy atom. The van der Waals surface area contributed by atoms with Crippen molar-refractivity contribution >= 4 is 40.2 Å². The third kappa shape index (κ3) is 3.12. The van der Waals surface area contributed by atoms with Gasteiger partial charge in [0.25, 0.3) is 0 Å². The van der Waals surface area contributed by atoms with E-state index in [1.165, 1.54) is 0 Å². The van der Waals surface area contributed by atoms with Crippen LogP contribution in [0.5, 0.6) is 0 Å². The molecule has 0 saturated carbocycles. The first kappa shape index (κ1) is 18.3. The summed E-state index contributed by atoms with van der Waals surface area (Å²) in [5.41, 5.74) is 2.12. The number of carbonyl (C=O) groups excluding carboxylic acids is 2. The van der Waals surface area contributed by atoms with E-state index in [-0.39, 0.29) is 17.9 Å². The van der Waals surface area contributed by atoms with E-state index in [2.05, 4.69) is 10.3 Å². The Hall–Kier alpha value is -2.73. The van der Waals surface area contributed by atoms with Gasteiger partial charge in [-0.2, -0.15) is 11.8 Å². The van der Waals surface area contributed by atoms with Crippen molar-refractivity contribution in [2.45, 2.75) is 30.8 Å². The number of hydrogen-bond donors (Lipinski definition) is 2. The summed E-state index contributed by atoms with van der Waals surface area (Å²) in [6.07, 6.45) is 3.73. The SMILES string of the molecule is O=C1CC(c2ccccc2)N1C1(C(=O)Nc2ccc3[nH]ccc3c2)CCSCC1. The maximum atomic E-state index is 13.6. The Labute approximate surface area is 173 Å². The van der Waals surface area contributed by atoms with E-state index in [0.717, 1.165) is 33.7 Å². The van der Waals surface area contributed by atoms with Crippen molar-refractivity contribution in [1.29, 1.82) is 0 Å². The first-order valence-electron chi connectivity index (χ1n) is 10.0. The number of rotatable bonds is 4. The number of fused-ring (bicyclic) bond motifs is 1. The first-order chi connectivity index (χ1) is 14.2. The lowest BCUT2D eigenvalue weighted by Gasteiger charge is -2.53. The number of β-lactam (4-membered cyclic amide) rings is 1. The van der Waals surface area contributed by atoms with Crippen molar-refractivity contribution in [3.05, 3.63) is 66.4 Å². The van der Waals surface area contributed by atoms with Crippen LogP contribution in [0.25, 0.3) is 10.9 Å². The highest BCUT2D eigenvalue weighted by atomic mass is 32.2. The lowest BCUT2D eigenvalue weighted by Crippen LogP contribution is -2.66. The molecule has 2 aromatic carbocycles. The second kappa shape index (κ2) is 7.26. The summed E-state index contributed by atoms with van der Waals surface area (Å²) in [7, 11) is 0. The van der Waals surface area contributed by atoms with Crippen LogP contribution in [-0.2, 0) is 9.59 Å². The standard InChI is InChI=1S/C23H23N3O2S/c27-21-15-20(16-4-2-1-3-5-16)26(21)23(9-12-29-13-10-23)22(28)25-18-6-7-19-17(14-18)8-11-24-19/h1-8,11,14,20,24H,9-10,12-13,15H2,(H,25,28). The minimum absolute atomic E-state index is 0.0234. The molecular formula is C23H23N3O2S. The molecule has 2 saturated heterocycles. The number of nitrogens with zero attached hydrogens (tertiary/aromatic N) is 1. The van der Waals surface area contributed by atoms with Gasteiger partial charge in [-0.05, 0) is 54.2 Å². The van der Waals surface area contributed by atoms with Crippen LogP contribution in [0.3, 0.4) is 0 Å². The van der Waals surface area contributed by atoms with E-state index in [0.29, 0.717) is 19.3 Å². The fourth-order valence-electron chi connectivity index (χ4n) is 4.56. The molecule has 0 aliphatic carbocycles. The molecule has 2 fully saturated rings. The number of hydrogen-bond acceptors (Lipinski definition) is 3. The molecule has 6 heteroatoms. The molecule has 1 aromatic heterocycles. The van der Waals surface area contributed by atoms with Crippen LogP contribution in [-0.4, -0.2) is 38.7 Å². The normalized spacial score (nSPS) is 21.0. The molecule has 0 radical (unpaired) electrons. The number of H-pyrrole nitrogens is 1. The van der Waals surface area contributed by atoms with Crippen molar-refractivity contribution in [1.82, 2.24) is 9.88 Å². The molecule has 3 heterocycles. The third-order valence-corrected chi connectivity index (χ3v) is 7.13. The topological polar surface area (TPSA) is 65.2 Å². The predicted octanol–water partition coefficient (Wildman–Crippen LogP) is 4.35. The molecule has 3 aromatic rings. The minimum atomic E-state index is -0.784. The van der Waals surface area contributed by atoms with Crippen molar-refractivity contribution in [2.75, 3.05) is 16.8 Å². The largest absolute Gasteiger partial charge is 0.361 e.